The molecule has 3 rings (SSSR count). The maximum Gasteiger partial charge on any atom is 0.410 e. The van der Waals surface area contributed by atoms with Crippen molar-refractivity contribution in [3.63, 3.8) is 0 Å². The van der Waals surface area contributed by atoms with Gasteiger partial charge in [0.05, 0.1) is 11.7 Å². The van der Waals surface area contributed by atoms with Crippen molar-refractivity contribution in [1.82, 2.24) is 14.9 Å². The molecule has 0 bridgehead atoms. The van der Waals surface area contributed by atoms with Gasteiger partial charge in [0.2, 0.25) is 0 Å². The van der Waals surface area contributed by atoms with Crippen LogP contribution in [0.15, 0.2) is 24.3 Å². The monoisotopic (exact) mass is 433 g/mol. The normalized spacial score (nSPS) is 15.5. The molecule has 1 N–H and O–H groups in total. The lowest BCUT2D eigenvalue weighted by Gasteiger charge is -2.27. The largest absolute Gasteiger partial charge is 0.444 e. The van der Waals surface area contributed by atoms with E-state index in [9.17, 15) is 4.79 Å². The van der Waals surface area contributed by atoms with E-state index in [1.54, 1.807) is 0 Å². The van der Waals surface area contributed by atoms with Crippen molar-refractivity contribution in [2.45, 2.75) is 65.5 Å². The number of likely N-dealkylation sites (tertiary alicyclic amines) is 1. The summed E-state index contributed by atoms with van der Waals surface area (Å²) >= 11 is 0. The third kappa shape index (κ3) is 6.47. The van der Waals surface area contributed by atoms with E-state index >= 15 is 0 Å². The molecule has 1 amide bonds. The van der Waals surface area contributed by atoms with Gasteiger partial charge in [-0.2, -0.15) is 23.1 Å². The lowest BCUT2D eigenvalue weighted by Crippen LogP contribution is -2.36. The predicted molar refractivity (Wildman–Crippen MR) is 118 cm³/mol. The van der Waals surface area contributed by atoms with Crippen molar-refractivity contribution in [2.75, 3.05) is 6.54 Å². The molecule has 0 saturated carbocycles. The molecular weight excluding hydrogens is 402 g/mol. The van der Waals surface area contributed by atoms with E-state index in [1.165, 1.54) is 5.56 Å². The fourth-order valence-corrected chi connectivity index (χ4v) is 3.38. The van der Waals surface area contributed by atoms with Crippen LogP contribution in [0.25, 0.3) is 11.3 Å². The number of carbonyl (C=O) groups is 1. The van der Waals surface area contributed by atoms with Gasteiger partial charge in [0, 0.05) is 17.8 Å². The van der Waals surface area contributed by atoms with Gasteiger partial charge in [-0.25, -0.2) is 9.78 Å². The number of ether oxygens (including phenoxy) is 1. The highest BCUT2D eigenvalue weighted by Crippen LogP contribution is 2.34. The van der Waals surface area contributed by atoms with Crippen molar-refractivity contribution >= 4 is 25.7 Å². The van der Waals surface area contributed by atoms with Gasteiger partial charge in [0.25, 0.3) is 0 Å². The van der Waals surface area contributed by atoms with Crippen LogP contribution in [0.3, 0.4) is 0 Å². The van der Waals surface area contributed by atoms with Crippen LogP contribution in [0, 0.1) is 6.92 Å². The summed E-state index contributed by atoms with van der Waals surface area (Å²) in [6.07, 6.45) is 2.73. The number of nitrogens with one attached hydrogen (secondary N) is 1. The lowest BCUT2D eigenvalue weighted by molar-refractivity contribution is -0.191. The third-order valence-corrected chi connectivity index (χ3v) is 4.67. The van der Waals surface area contributed by atoms with E-state index in [2.05, 4.69) is 43.1 Å². The number of benzene rings is 1. The number of H-pyrrole nitrogens is 1. The number of nitrogens with zero attached hydrogens (tertiary/aromatic N) is 2. The summed E-state index contributed by atoms with van der Waals surface area (Å²) in [7, 11) is 0. The molecule has 0 aliphatic carbocycles. The maximum atomic E-state index is 12.6. The summed E-state index contributed by atoms with van der Waals surface area (Å²) in [4.78, 5) is 39.0. The van der Waals surface area contributed by atoms with Crippen molar-refractivity contribution in [3.05, 3.63) is 41.3 Å². The van der Waals surface area contributed by atoms with Gasteiger partial charge in [-0.3, -0.25) is 4.90 Å². The van der Waals surface area contributed by atoms with Crippen LogP contribution in [0.5, 0.6) is 0 Å². The zero-order chi connectivity index (χ0) is 21.6. The van der Waals surface area contributed by atoms with E-state index in [-0.39, 0.29) is 31.8 Å². The SMILES string of the molecule is CCc1[nH]c([C@@H]2CCCN2C(=O)OC(C)(C)C)nc1-c1ccc(C)cc1.O=C=O.S. The summed E-state index contributed by atoms with van der Waals surface area (Å²) < 4.78 is 5.58. The molecule has 1 saturated heterocycles. The first-order valence-corrected chi connectivity index (χ1v) is 9.84. The molecule has 7 nitrogen and oxygen atoms in total. The minimum atomic E-state index is -0.491. The Morgan fingerprint density at radius 3 is 2.40 bits per heavy atom. The first kappa shape index (κ1) is 25.5. The fraction of sp³-hybridized carbons (Fsp3) is 0.500. The third-order valence-electron chi connectivity index (χ3n) is 4.67. The molecule has 2 heterocycles. The Kier molecular flexibility index (Phi) is 9.33. The van der Waals surface area contributed by atoms with Crippen LogP contribution in [0.2, 0.25) is 0 Å². The fourth-order valence-electron chi connectivity index (χ4n) is 3.38. The van der Waals surface area contributed by atoms with Crippen LogP contribution in [0.1, 0.15) is 63.7 Å². The number of aryl methyl sites for hydroxylation is 2. The Balaban J connectivity index is 0.00000106. The molecule has 1 atom stereocenters. The zero-order valence-corrected chi connectivity index (χ0v) is 19.2. The second-order valence-electron chi connectivity index (χ2n) is 8.08. The maximum absolute atomic E-state index is 12.6. The molecule has 164 valence electrons. The van der Waals surface area contributed by atoms with E-state index in [4.69, 9.17) is 19.3 Å². The van der Waals surface area contributed by atoms with Gasteiger partial charge in [-0.05, 0) is 47.0 Å². The number of aromatic nitrogens is 2. The van der Waals surface area contributed by atoms with Gasteiger partial charge >= 0.3 is 12.2 Å². The van der Waals surface area contributed by atoms with Crippen LogP contribution in [0.4, 0.5) is 4.79 Å². The Morgan fingerprint density at radius 1 is 1.27 bits per heavy atom. The Hall–Kier alpha value is -2.57. The molecule has 0 spiro atoms. The standard InChI is InChI=1S/C21H29N3O2.CO2.H2S/c1-6-16-18(15-11-9-14(2)10-12-15)23-19(22-16)17-8-7-13-24(17)20(25)26-21(3,4)5;2-1-3;/h9-12,17H,6-8,13H2,1-5H3,(H,22,23);;1H2/t17-;;/m0../s1. The quantitative estimate of drug-likeness (QED) is 0.767. The molecule has 1 aromatic heterocycles. The predicted octanol–water partition coefficient (Wildman–Crippen LogP) is 4.55. The van der Waals surface area contributed by atoms with E-state index in [0.29, 0.717) is 6.54 Å². The van der Waals surface area contributed by atoms with Crippen LogP contribution < -0.4 is 0 Å². The number of hydrogen-bond donors (Lipinski definition) is 1. The first-order valence-electron chi connectivity index (χ1n) is 9.84. The van der Waals surface area contributed by atoms with Crippen LogP contribution in [-0.2, 0) is 20.7 Å². The molecule has 1 aliphatic rings. The topological polar surface area (TPSA) is 92.4 Å². The van der Waals surface area contributed by atoms with Gasteiger partial charge in [-0.15, -0.1) is 0 Å². The van der Waals surface area contributed by atoms with Crippen molar-refractivity contribution in [1.29, 1.82) is 0 Å². The molecular formula is C22H31N3O4S. The number of rotatable bonds is 3. The number of aromatic amines is 1. The second-order valence-corrected chi connectivity index (χ2v) is 8.08. The zero-order valence-electron chi connectivity index (χ0n) is 18.2. The summed E-state index contributed by atoms with van der Waals surface area (Å²) in [5, 5.41) is 0. The summed E-state index contributed by atoms with van der Waals surface area (Å²) in [6.45, 7) is 10.6. The molecule has 30 heavy (non-hydrogen) atoms. The highest BCUT2D eigenvalue weighted by Gasteiger charge is 2.35. The smallest absolute Gasteiger partial charge is 0.410 e. The van der Waals surface area contributed by atoms with E-state index in [1.807, 2.05) is 25.7 Å². The Bertz CT molecular complexity index is 865. The Labute approximate surface area is 184 Å². The summed E-state index contributed by atoms with van der Waals surface area (Å²) in [6, 6.07) is 8.37. The highest BCUT2D eigenvalue weighted by molar-refractivity contribution is 7.59. The summed E-state index contributed by atoms with van der Waals surface area (Å²) in [5.41, 5.74) is 3.94. The number of amides is 1. The van der Waals surface area contributed by atoms with E-state index < -0.39 is 5.60 Å². The molecule has 1 aliphatic heterocycles. The van der Waals surface area contributed by atoms with Gasteiger partial charge in [0.1, 0.15) is 11.4 Å². The van der Waals surface area contributed by atoms with Gasteiger partial charge in [0.15, 0.2) is 0 Å². The average Bonchev–Trinajstić information content (AvgIpc) is 3.28. The van der Waals surface area contributed by atoms with E-state index in [0.717, 1.165) is 42.0 Å². The van der Waals surface area contributed by atoms with Crippen LogP contribution in [-0.4, -0.2) is 39.3 Å². The van der Waals surface area contributed by atoms with Crippen molar-refractivity contribution < 1.29 is 19.1 Å². The molecule has 0 radical (unpaired) electrons. The molecule has 1 aromatic carbocycles. The first-order chi connectivity index (χ1) is 13.7. The number of hydrogen-bond acceptors (Lipinski definition) is 5. The Morgan fingerprint density at radius 2 is 1.87 bits per heavy atom. The van der Waals surface area contributed by atoms with Crippen molar-refractivity contribution in [2.24, 2.45) is 0 Å². The van der Waals surface area contributed by atoms with Gasteiger partial charge < -0.3 is 9.72 Å². The second kappa shape index (κ2) is 11.0. The van der Waals surface area contributed by atoms with Crippen molar-refractivity contribution in [3.8, 4) is 11.3 Å². The molecule has 8 heteroatoms. The number of carbonyl (C=O) groups excluding carboxylic acids is 3. The molecule has 0 unspecified atom stereocenters. The van der Waals surface area contributed by atoms with Crippen LogP contribution >= 0.6 is 13.5 Å². The minimum Gasteiger partial charge on any atom is -0.444 e. The number of imidazole rings is 1. The average molecular weight is 434 g/mol. The lowest BCUT2D eigenvalue weighted by atomic mass is 10.1. The molecule has 1 fully saturated rings. The summed E-state index contributed by atoms with van der Waals surface area (Å²) in [5.74, 6) is 0.862. The minimum absolute atomic E-state index is 0. The molecule has 2 aromatic rings. The highest BCUT2D eigenvalue weighted by atomic mass is 32.1. The van der Waals surface area contributed by atoms with Gasteiger partial charge in [-0.1, -0.05) is 36.8 Å².